The van der Waals surface area contributed by atoms with Gasteiger partial charge in [0, 0.05) is 15.9 Å². The molecule has 20 heavy (non-hydrogen) atoms. The van der Waals surface area contributed by atoms with E-state index in [-0.39, 0.29) is 4.83 Å². The predicted molar refractivity (Wildman–Crippen MR) is 87.3 cm³/mol. The highest BCUT2D eigenvalue weighted by molar-refractivity contribution is 9.09. The molecule has 4 heteroatoms. The van der Waals surface area contributed by atoms with Crippen molar-refractivity contribution in [3.8, 4) is 11.5 Å². The summed E-state index contributed by atoms with van der Waals surface area (Å²) < 4.78 is 10.7. The maximum Gasteiger partial charge on any atom is 0.162 e. The Bertz CT molecular complexity index is 456. The summed E-state index contributed by atoms with van der Waals surface area (Å²) in [6, 6.07) is 3.84. The summed E-state index contributed by atoms with van der Waals surface area (Å²) in [5, 5.41) is 0.739. The molecule has 0 amide bonds. The topological polar surface area (TPSA) is 18.5 Å². The fourth-order valence-corrected chi connectivity index (χ4v) is 4.22. The molecular formula is C16H22BrClO2. The number of ether oxygens (including phenoxy) is 2. The number of halogens is 2. The second kappa shape index (κ2) is 7.04. The van der Waals surface area contributed by atoms with Crippen molar-refractivity contribution in [2.45, 2.75) is 37.4 Å². The van der Waals surface area contributed by atoms with Crippen LogP contribution in [0.1, 0.15) is 43.0 Å². The summed E-state index contributed by atoms with van der Waals surface area (Å²) in [5.41, 5.74) is 1.10. The lowest BCUT2D eigenvalue weighted by atomic mass is 9.80. The summed E-state index contributed by atoms with van der Waals surface area (Å²) in [5.74, 6) is 2.91. The molecule has 2 rings (SSSR count). The summed E-state index contributed by atoms with van der Waals surface area (Å²) in [4.78, 5) is 0.280. The van der Waals surface area contributed by atoms with E-state index in [9.17, 15) is 0 Å². The molecule has 112 valence electrons. The number of benzene rings is 1. The van der Waals surface area contributed by atoms with Crippen molar-refractivity contribution in [3.63, 3.8) is 0 Å². The van der Waals surface area contributed by atoms with Gasteiger partial charge in [-0.25, -0.2) is 0 Å². The Morgan fingerprint density at radius 2 is 1.65 bits per heavy atom. The van der Waals surface area contributed by atoms with E-state index in [1.54, 1.807) is 14.2 Å². The lowest BCUT2D eigenvalue weighted by Gasteiger charge is -2.30. The van der Waals surface area contributed by atoms with Crippen LogP contribution in [0.4, 0.5) is 0 Å². The number of methoxy groups -OCH3 is 2. The first kappa shape index (κ1) is 16.0. The Kier molecular flexibility index (Phi) is 5.62. The first-order valence-electron chi connectivity index (χ1n) is 7.12. The van der Waals surface area contributed by atoms with Crippen molar-refractivity contribution in [1.29, 1.82) is 0 Å². The number of alkyl halides is 1. The highest BCUT2D eigenvalue weighted by Gasteiger charge is 2.27. The third-order valence-electron chi connectivity index (χ3n) is 4.27. The zero-order chi connectivity index (χ0) is 14.7. The molecule has 0 heterocycles. The van der Waals surface area contributed by atoms with Crippen LogP contribution in [-0.2, 0) is 0 Å². The highest BCUT2D eigenvalue weighted by atomic mass is 79.9. The summed E-state index contributed by atoms with van der Waals surface area (Å²) in [7, 11) is 3.28. The molecule has 1 aromatic carbocycles. The van der Waals surface area contributed by atoms with E-state index in [2.05, 4.69) is 22.9 Å². The monoisotopic (exact) mass is 360 g/mol. The van der Waals surface area contributed by atoms with Gasteiger partial charge >= 0.3 is 0 Å². The molecule has 1 atom stereocenters. The van der Waals surface area contributed by atoms with Crippen LogP contribution in [0.5, 0.6) is 11.5 Å². The van der Waals surface area contributed by atoms with Crippen LogP contribution in [0.25, 0.3) is 0 Å². The molecule has 0 aromatic heterocycles. The van der Waals surface area contributed by atoms with Crippen molar-refractivity contribution in [2.75, 3.05) is 14.2 Å². The molecular weight excluding hydrogens is 340 g/mol. The van der Waals surface area contributed by atoms with Crippen molar-refractivity contribution in [2.24, 2.45) is 11.8 Å². The minimum Gasteiger partial charge on any atom is -0.493 e. The largest absolute Gasteiger partial charge is 0.493 e. The van der Waals surface area contributed by atoms with Crippen LogP contribution in [0.2, 0.25) is 5.02 Å². The average molecular weight is 362 g/mol. The van der Waals surface area contributed by atoms with Gasteiger partial charge in [-0.2, -0.15) is 0 Å². The minimum absolute atomic E-state index is 0.280. The molecule has 0 N–H and O–H groups in total. The van der Waals surface area contributed by atoms with E-state index in [4.69, 9.17) is 21.1 Å². The standard InChI is InChI=1S/C16H22BrClO2/c1-10-4-6-11(7-5-10)16(17)12-8-14(19-2)15(20-3)9-13(12)18/h8-11,16H,4-7H2,1-3H3. The lowest BCUT2D eigenvalue weighted by molar-refractivity contribution is 0.287. The van der Waals surface area contributed by atoms with Crippen molar-refractivity contribution in [1.82, 2.24) is 0 Å². The Balaban J connectivity index is 2.23. The third kappa shape index (κ3) is 3.43. The van der Waals surface area contributed by atoms with E-state index in [0.717, 1.165) is 22.3 Å². The quantitative estimate of drug-likeness (QED) is 0.648. The van der Waals surface area contributed by atoms with E-state index in [0.29, 0.717) is 11.7 Å². The molecule has 1 fully saturated rings. The Morgan fingerprint density at radius 1 is 1.10 bits per heavy atom. The molecule has 1 aliphatic carbocycles. The number of hydrogen-bond acceptors (Lipinski definition) is 2. The van der Waals surface area contributed by atoms with Crippen LogP contribution in [0, 0.1) is 11.8 Å². The molecule has 0 spiro atoms. The van der Waals surface area contributed by atoms with Gasteiger partial charge < -0.3 is 9.47 Å². The Labute approximate surface area is 134 Å². The Hall–Kier alpha value is -0.410. The van der Waals surface area contributed by atoms with Crippen LogP contribution in [0.3, 0.4) is 0 Å². The van der Waals surface area contributed by atoms with Crippen LogP contribution in [-0.4, -0.2) is 14.2 Å². The molecule has 1 aliphatic rings. The maximum absolute atomic E-state index is 6.41. The van der Waals surface area contributed by atoms with E-state index in [1.807, 2.05) is 12.1 Å². The fraction of sp³-hybridized carbons (Fsp3) is 0.625. The van der Waals surface area contributed by atoms with Gasteiger partial charge in [0.05, 0.1) is 14.2 Å². The SMILES string of the molecule is COc1cc(Cl)c(C(Br)C2CCC(C)CC2)cc1OC. The molecule has 0 radical (unpaired) electrons. The van der Waals surface area contributed by atoms with Gasteiger partial charge in [0.25, 0.3) is 0 Å². The summed E-state index contributed by atoms with van der Waals surface area (Å²) in [6.07, 6.45) is 5.11. The van der Waals surface area contributed by atoms with Gasteiger partial charge in [0.1, 0.15) is 0 Å². The molecule has 0 aliphatic heterocycles. The van der Waals surface area contributed by atoms with E-state index >= 15 is 0 Å². The second-order valence-corrected chi connectivity index (χ2v) is 7.04. The minimum atomic E-state index is 0.280. The first-order valence-corrected chi connectivity index (χ1v) is 8.41. The molecule has 1 unspecified atom stereocenters. The Morgan fingerprint density at radius 3 is 2.20 bits per heavy atom. The highest BCUT2D eigenvalue weighted by Crippen LogP contribution is 2.46. The zero-order valence-corrected chi connectivity index (χ0v) is 14.6. The van der Waals surface area contributed by atoms with Crippen LogP contribution in [0.15, 0.2) is 12.1 Å². The molecule has 1 aromatic rings. The van der Waals surface area contributed by atoms with Gasteiger partial charge in [0.2, 0.25) is 0 Å². The summed E-state index contributed by atoms with van der Waals surface area (Å²) >= 11 is 10.3. The molecule has 2 nitrogen and oxygen atoms in total. The lowest BCUT2D eigenvalue weighted by Crippen LogP contribution is -2.16. The van der Waals surface area contributed by atoms with Gasteiger partial charge in [-0.3, -0.25) is 0 Å². The first-order chi connectivity index (χ1) is 9.56. The maximum atomic E-state index is 6.41. The van der Waals surface area contributed by atoms with Gasteiger partial charge in [0.15, 0.2) is 11.5 Å². The smallest absolute Gasteiger partial charge is 0.162 e. The van der Waals surface area contributed by atoms with Gasteiger partial charge in [-0.1, -0.05) is 47.3 Å². The fourth-order valence-electron chi connectivity index (χ4n) is 2.91. The molecule has 0 bridgehead atoms. The van der Waals surface area contributed by atoms with Crippen LogP contribution < -0.4 is 9.47 Å². The third-order valence-corrected chi connectivity index (χ3v) is 5.84. The van der Waals surface area contributed by atoms with Gasteiger partial charge in [-0.05, 0) is 36.3 Å². The van der Waals surface area contributed by atoms with Crippen molar-refractivity contribution >= 4 is 27.5 Å². The van der Waals surface area contributed by atoms with Crippen molar-refractivity contribution < 1.29 is 9.47 Å². The van der Waals surface area contributed by atoms with Crippen LogP contribution >= 0.6 is 27.5 Å². The zero-order valence-electron chi connectivity index (χ0n) is 12.3. The average Bonchev–Trinajstić information content (AvgIpc) is 2.47. The van der Waals surface area contributed by atoms with E-state index < -0.39 is 0 Å². The predicted octanol–water partition coefficient (Wildman–Crippen LogP) is 5.62. The molecule has 0 saturated heterocycles. The van der Waals surface area contributed by atoms with Gasteiger partial charge in [-0.15, -0.1) is 0 Å². The normalized spacial score (nSPS) is 24.2. The summed E-state index contributed by atoms with van der Waals surface area (Å²) in [6.45, 7) is 2.34. The number of rotatable bonds is 4. The van der Waals surface area contributed by atoms with E-state index in [1.165, 1.54) is 25.7 Å². The van der Waals surface area contributed by atoms with Crippen molar-refractivity contribution in [3.05, 3.63) is 22.7 Å². The molecule has 1 saturated carbocycles. The number of hydrogen-bond donors (Lipinski definition) is 0. The second-order valence-electron chi connectivity index (χ2n) is 5.65.